The molecule has 0 amide bonds. The molecule has 4 aromatic rings. The normalized spacial score (nSPS) is 11.1. The van der Waals surface area contributed by atoms with E-state index in [1.807, 2.05) is 60.0 Å². The number of aryl methyl sites for hydroxylation is 2. The number of nitrogens with one attached hydrogen (secondary N) is 1. The third-order valence-corrected chi connectivity index (χ3v) is 6.58. The summed E-state index contributed by atoms with van der Waals surface area (Å²) in [6.07, 6.45) is 0. The minimum absolute atomic E-state index is 0.0558. The second-order valence-corrected chi connectivity index (χ2v) is 9.26. The predicted molar refractivity (Wildman–Crippen MR) is 132 cm³/mol. The van der Waals surface area contributed by atoms with Crippen molar-refractivity contribution in [1.82, 2.24) is 19.7 Å². The smallest absolute Gasteiger partial charge is 0.196 e. The van der Waals surface area contributed by atoms with Crippen molar-refractivity contribution in [2.75, 3.05) is 5.75 Å². The first-order chi connectivity index (χ1) is 15.8. The number of hydrogen-bond donors (Lipinski definition) is 1. The van der Waals surface area contributed by atoms with Crippen molar-refractivity contribution in [2.24, 2.45) is 0 Å². The Morgan fingerprint density at radius 2 is 1.79 bits per heavy atom. The molecule has 2 aromatic heterocycles. The number of rotatable bonds is 7. The molecule has 0 spiro atoms. The SMILES string of the molecule is CC(=O)c1c(C)[nH]c(C(=O)CSc2nnc(-c3ccc(Cl)cc3)n2-c2cccc(C)c2)c1C. The van der Waals surface area contributed by atoms with Gasteiger partial charge >= 0.3 is 0 Å². The van der Waals surface area contributed by atoms with Crippen molar-refractivity contribution in [3.63, 3.8) is 0 Å². The molecule has 4 rings (SSSR count). The Kier molecular flexibility index (Phi) is 6.54. The van der Waals surface area contributed by atoms with E-state index >= 15 is 0 Å². The maximum absolute atomic E-state index is 13.0. The molecular weight excluding hydrogens is 456 g/mol. The van der Waals surface area contributed by atoms with Crippen LogP contribution in [-0.2, 0) is 0 Å². The number of carbonyl (C=O) groups excluding carboxylic acids is 2. The number of benzene rings is 2. The zero-order valence-corrected chi connectivity index (χ0v) is 20.3. The van der Waals surface area contributed by atoms with E-state index in [1.54, 1.807) is 13.8 Å². The maximum Gasteiger partial charge on any atom is 0.196 e. The van der Waals surface area contributed by atoms with Gasteiger partial charge in [0.2, 0.25) is 0 Å². The number of aromatic nitrogens is 4. The Morgan fingerprint density at radius 1 is 1.06 bits per heavy atom. The van der Waals surface area contributed by atoms with Gasteiger partial charge in [0.1, 0.15) is 0 Å². The first-order valence-corrected chi connectivity index (χ1v) is 11.8. The lowest BCUT2D eigenvalue weighted by molar-refractivity contribution is 0.101. The van der Waals surface area contributed by atoms with Crippen LogP contribution in [0.3, 0.4) is 0 Å². The maximum atomic E-state index is 13.0. The Bertz CT molecular complexity index is 1360. The van der Waals surface area contributed by atoms with E-state index in [0.29, 0.717) is 38.5 Å². The summed E-state index contributed by atoms with van der Waals surface area (Å²) in [6, 6.07) is 15.4. The summed E-state index contributed by atoms with van der Waals surface area (Å²) in [5, 5.41) is 10.0. The average molecular weight is 479 g/mol. The van der Waals surface area contributed by atoms with Gasteiger partial charge in [-0.25, -0.2) is 0 Å². The molecule has 0 aliphatic rings. The molecule has 0 aliphatic heterocycles. The van der Waals surface area contributed by atoms with Crippen LogP contribution in [-0.4, -0.2) is 37.1 Å². The molecule has 0 saturated carbocycles. The number of Topliss-reactive ketones (excluding diaryl/α,β-unsaturated/α-hetero) is 2. The first-order valence-electron chi connectivity index (χ1n) is 10.4. The Balaban J connectivity index is 1.68. The van der Waals surface area contributed by atoms with Crippen molar-refractivity contribution >= 4 is 34.9 Å². The van der Waals surface area contributed by atoms with Crippen LogP contribution in [0.4, 0.5) is 0 Å². The molecule has 0 aliphatic carbocycles. The third-order valence-electron chi connectivity index (χ3n) is 5.40. The molecule has 6 nitrogen and oxygen atoms in total. The van der Waals surface area contributed by atoms with Crippen molar-refractivity contribution in [1.29, 1.82) is 0 Å². The van der Waals surface area contributed by atoms with Crippen molar-refractivity contribution in [3.8, 4) is 17.1 Å². The van der Waals surface area contributed by atoms with Crippen LogP contribution in [0.2, 0.25) is 5.02 Å². The fraction of sp³-hybridized carbons (Fsp3) is 0.200. The van der Waals surface area contributed by atoms with Gasteiger partial charge in [-0.15, -0.1) is 10.2 Å². The minimum Gasteiger partial charge on any atom is -0.355 e. The van der Waals surface area contributed by atoms with Crippen LogP contribution in [0.25, 0.3) is 17.1 Å². The Hall–Kier alpha value is -3.16. The molecule has 0 radical (unpaired) electrons. The summed E-state index contributed by atoms with van der Waals surface area (Å²) in [4.78, 5) is 28.0. The Morgan fingerprint density at radius 3 is 2.42 bits per heavy atom. The number of aromatic amines is 1. The molecule has 0 atom stereocenters. The molecular formula is C25H23ClN4O2S. The summed E-state index contributed by atoms with van der Waals surface area (Å²) in [5.41, 5.74) is 5.32. The number of H-pyrrole nitrogens is 1. The third kappa shape index (κ3) is 4.65. The van der Waals surface area contributed by atoms with Gasteiger partial charge in [-0.3, -0.25) is 14.2 Å². The van der Waals surface area contributed by atoms with Gasteiger partial charge in [-0.2, -0.15) is 0 Å². The zero-order chi connectivity index (χ0) is 23.7. The van der Waals surface area contributed by atoms with Crippen molar-refractivity contribution in [2.45, 2.75) is 32.9 Å². The van der Waals surface area contributed by atoms with Gasteiger partial charge in [-0.1, -0.05) is 35.5 Å². The van der Waals surface area contributed by atoms with Gasteiger partial charge in [0, 0.05) is 27.5 Å². The fourth-order valence-corrected chi connectivity index (χ4v) is 4.86. The summed E-state index contributed by atoms with van der Waals surface area (Å²) >= 11 is 7.37. The second-order valence-electron chi connectivity index (χ2n) is 7.88. The molecule has 0 saturated heterocycles. The second kappa shape index (κ2) is 9.37. The molecule has 0 fully saturated rings. The van der Waals surface area contributed by atoms with Gasteiger partial charge < -0.3 is 4.98 Å². The highest BCUT2D eigenvalue weighted by Crippen LogP contribution is 2.30. The molecule has 8 heteroatoms. The summed E-state index contributed by atoms with van der Waals surface area (Å²) in [5.74, 6) is 0.667. The van der Waals surface area contributed by atoms with E-state index in [2.05, 4.69) is 15.2 Å². The standard InChI is InChI=1S/C25H23ClN4O2S/c1-14-6-5-7-20(12-14)30-24(18-8-10-19(26)11-9-18)28-29-25(30)33-13-21(32)23-15(2)22(17(4)31)16(3)27-23/h5-12,27H,13H2,1-4H3. The van der Waals surface area contributed by atoms with Crippen molar-refractivity contribution in [3.05, 3.63) is 81.6 Å². The van der Waals surface area contributed by atoms with Crippen LogP contribution in [0.5, 0.6) is 0 Å². The summed E-state index contributed by atoms with van der Waals surface area (Å²) < 4.78 is 1.95. The number of hydrogen-bond acceptors (Lipinski definition) is 5. The lowest BCUT2D eigenvalue weighted by atomic mass is 10.1. The molecule has 0 unspecified atom stereocenters. The van der Waals surface area contributed by atoms with E-state index in [4.69, 9.17) is 11.6 Å². The van der Waals surface area contributed by atoms with Crippen LogP contribution >= 0.6 is 23.4 Å². The molecule has 1 N–H and O–H groups in total. The quantitative estimate of drug-likeness (QED) is 0.259. The number of carbonyl (C=O) groups is 2. The predicted octanol–water partition coefficient (Wildman–Crippen LogP) is 6.02. The summed E-state index contributed by atoms with van der Waals surface area (Å²) in [7, 11) is 0. The van der Waals surface area contributed by atoms with Crippen molar-refractivity contribution < 1.29 is 9.59 Å². The molecule has 2 heterocycles. The van der Waals surface area contributed by atoms with E-state index in [-0.39, 0.29) is 17.3 Å². The lowest BCUT2D eigenvalue weighted by Crippen LogP contribution is -2.07. The highest BCUT2D eigenvalue weighted by molar-refractivity contribution is 7.99. The Labute approximate surface area is 201 Å². The molecule has 2 aromatic carbocycles. The van der Waals surface area contributed by atoms with E-state index in [0.717, 1.165) is 16.8 Å². The largest absolute Gasteiger partial charge is 0.355 e. The minimum atomic E-state index is -0.0973. The highest BCUT2D eigenvalue weighted by Gasteiger charge is 2.22. The molecule has 33 heavy (non-hydrogen) atoms. The van der Waals surface area contributed by atoms with Gasteiger partial charge in [0.25, 0.3) is 0 Å². The van der Waals surface area contributed by atoms with Crippen LogP contribution in [0.15, 0.2) is 53.7 Å². The molecule has 168 valence electrons. The summed E-state index contributed by atoms with van der Waals surface area (Å²) in [6.45, 7) is 7.14. The van der Waals surface area contributed by atoms with E-state index in [9.17, 15) is 9.59 Å². The van der Waals surface area contributed by atoms with E-state index in [1.165, 1.54) is 18.7 Å². The monoisotopic (exact) mass is 478 g/mol. The van der Waals surface area contributed by atoms with Gasteiger partial charge in [0.05, 0.1) is 11.4 Å². The number of nitrogens with zero attached hydrogens (tertiary/aromatic N) is 3. The zero-order valence-electron chi connectivity index (χ0n) is 18.8. The number of ketones is 2. The van der Waals surface area contributed by atoms with Gasteiger partial charge in [-0.05, 0) is 75.2 Å². The number of halogens is 1. The van der Waals surface area contributed by atoms with Crippen LogP contribution in [0.1, 0.15) is 44.6 Å². The van der Waals surface area contributed by atoms with E-state index < -0.39 is 0 Å². The van der Waals surface area contributed by atoms with Crippen LogP contribution < -0.4 is 0 Å². The lowest BCUT2D eigenvalue weighted by Gasteiger charge is -2.11. The molecule has 0 bridgehead atoms. The highest BCUT2D eigenvalue weighted by atomic mass is 35.5. The number of thioether (sulfide) groups is 1. The average Bonchev–Trinajstić information content (AvgIpc) is 3.33. The first kappa shape index (κ1) is 23.0. The van der Waals surface area contributed by atoms with Crippen LogP contribution in [0, 0.1) is 20.8 Å². The fourth-order valence-electron chi connectivity index (χ4n) is 3.91. The van der Waals surface area contributed by atoms with Gasteiger partial charge in [0.15, 0.2) is 22.5 Å². The topological polar surface area (TPSA) is 80.6 Å².